The van der Waals surface area contributed by atoms with E-state index in [-0.39, 0.29) is 35.9 Å². The van der Waals surface area contributed by atoms with Gasteiger partial charge in [-0.1, -0.05) is 26.7 Å². The van der Waals surface area contributed by atoms with Crippen molar-refractivity contribution < 1.29 is 4.79 Å². The standard InChI is InChI=1S/C21H35N5OS.HI/c1-4-22-21(24-13-18-12-23-19(28-18)11-15(2)3)25-17-9-10-26(14-17)20(27)16-7-5-6-8-16;/h12,15-17H,4-11,13-14H2,1-3H3,(H2,22,24,25);1H. The number of carbonyl (C=O) groups excluding carboxylic acids is 1. The molecule has 2 fully saturated rings. The fourth-order valence-corrected chi connectivity index (χ4v) is 5.10. The first-order valence-corrected chi connectivity index (χ1v) is 11.6. The Labute approximate surface area is 196 Å². The molecular formula is C21H36IN5OS. The Balaban J connectivity index is 0.00000300. The maximum absolute atomic E-state index is 12.6. The van der Waals surface area contributed by atoms with E-state index >= 15 is 0 Å². The molecule has 1 aromatic rings. The van der Waals surface area contributed by atoms with E-state index in [1.165, 1.54) is 22.7 Å². The normalized spacial score (nSPS) is 20.2. The SMILES string of the molecule is CCNC(=NCc1cnc(CC(C)C)s1)NC1CCN(C(=O)C2CCCC2)C1.I. The molecule has 0 aromatic carbocycles. The maximum atomic E-state index is 12.6. The average molecular weight is 534 g/mol. The predicted molar refractivity (Wildman–Crippen MR) is 131 cm³/mol. The Kier molecular flexibility index (Phi) is 10.1. The van der Waals surface area contributed by atoms with Crippen LogP contribution in [0.1, 0.15) is 62.8 Å². The molecule has 0 radical (unpaired) electrons. The van der Waals surface area contributed by atoms with Gasteiger partial charge in [0.2, 0.25) is 5.91 Å². The minimum Gasteiger partial charge on any atom is -0.357 e. The molecular weight excluding hydrogens is 497 g/mol. The van der Waals surface area contributed by atoms with Crippen LogP contribution in [0.3, 0.4) is 0 Å². The van der Waals surface area contributed by atoms with Gasteiger partial charge in [0.25, 0.3) is 0 Å². The van der Waals surface area contributed by atoms with Gasteiger partial charge >= 0.3 is 0 Å². The van der Waals surface area contributed by atoms with E-state index in [2.05, 4.69) is 41.3 Å². The van der Waals surface area contributed by atoms with Crippen molar-refractivity contribution in [3.8, 4) is 0 Å². The number of hydrogen-bond donors (Lipinski definition) is 2. The van der Waals surface area contributed by atoms with Crippen LogP contribution >= 0.6 is 35.3 Å². The minimum absolute atomic E-state index is 0. The summed E-state index contributed by atoms with van der Waals surface area (Å²) >= 11 is 1.76. The topological polar surface area (TPSA) is 69.6 Å². The molecule has 0 bridgehead atoms. The summed E-state index contributed by atoms with van der Waals surface area (Å²) in [4.78, 5) is 25.2. The number of guanidine groups is 1. The zero-order valence-corrected chi connectivity index (χ0v) is 21.1. The van der Waals surface area contributed by atoms with Gasteiger partial charge in [-0.05, 0) is 32.1 Å². The minimum atomic E-state index is 0. The zero-order valence-electron chi connectivity index (χ0n) is 17.9. The Bertz CT molecular complexity index is 672. The van der Waals surface area contributed by atoms with Crippen LogP contribution in [-0.2, 0) is 17.8 Å². The molecule has 1 unspecified atom stereocenters. The first kappa shape index (κ1) is 24.4. The highest BCUT2D eigenvalue weighted by atomic mass is 127. The number of carbonyl (C=O) groups is 1. The highest BCUT2D eigenvalue weighted by molar-refractivity contribution is 14.0. The molecule has 1 aliphatic carbocycles. The Hall–Kier alpha value is -0.900. The fourth-order valence-electron chi connectivity index (χ4n) is 4.04. The monoisotopic (exact) mass is 533 g/mol. The van der Waals surface area contributed by atoms with Crippen molar-refractivity contribution in [2.75, 3.05) is 19.6 Å². The molecule has 1 saturated carbocycles. The molecule has 29 heavy (non-hydrogen) atoms. The quantitative estimate of drug-likeness (QED) is 0.318. The average Bonchev–Trinajstić information content (AvgIpc) is 3.41. The molecule has 2 heterocycles. The van der Waals surface area contributed by atoms with Gasteiger partial charge in [0.05, 0.1) is 11.6 Å². The van der Waals surface area contributed by atoms with E-state index in [0.717, 1.165) is 51.3 Å². The molecule has 164 valence electrons. The van der Waals surface area contributed by atoms with Crippen molar-refractivity contribution in [2.45, 2.75) is 71.9 Å². The Morgan fingerprint density at radius 2 is 2.10 bits per heavy atom. The van der Waals surface area contributed by atoms with E-state index in [1.54, 1.807) is 11.3 Å². The second-order valence-corrected chi connectivity index (χ2v) is 9.61. The summed E-state index contributed by atoms with van der Waals surface area (Å²) in [6.45, 7) is 9.63. The molecule has 1 atom stereocenters. The van der Waals surface area contributed by atoms with Crippen molar-refractivity contribution in [3.63, 3.8) is 0 Å². The van der Waals surface area contributed by atoms with Gasteiger partial charge in [0, 0.05) is 49.1 Å². The van der Waals surface area contributed by atoms with E-state index in [9.17, 15) is 4.79 Å². The van der Waals surface area contributed by atoms with Crippen molar-refractivity contribution in [1.29, 1.82) is 0 Å². The third kappa shape index (κ3) is 7.38. The Morgan fingerprint density at radius 1 is 1.34 bits per heavy atom. The number of amides is 1. The van der Waals surface area contributed by atoms with Crippen LogP contribution in [0.25, 0.3) is 0 Å². The Morgan fingerprint density at radius 3 is 2.79 bits per heavy atom. The van der Waals surface area contributed by atoms with Gasteiger partial charge in [-0.2, -0.15) is 0 Å². The van der Waals surface area contributed by atoms with Crippen LogP contribution in [0.4, 0.5) is 0 Å². The van der Waals surface area contributed by atoms with E-state index in [4.69, 9.17) is 4.99 Å². The van der Waals surface area contributed by atoms with E-state index in [0.29, 0.717) is 18.4 Å². The molecule has 6 nitrogen and oxygen atoms in total. The lowest BCUT2D eigenvalue weighted by atomic mass is 10.1. The molecule has 1 saturated heterocycles. The van der Waals surface area contributed by atoms with Crippen molar-refractivity contribution >= 4 is 47.2 Å². The summed E-state index contributed by atoms with van der Waals surface area (Å²) in [7, 11) is 0. The summed E-state index contributed by atoms with van der Waals surface area (Å²) in [6, 6.07) is 0.279. The van der Waals surface area contributed by atoms with Gasteiger partial charge in [-0.25, -0.2) is 9.98 Å². The summed E-state index contributed by atoms with van der Waals surface area (Å²) in [5.74, 6) is 2.10. The van der Waals surface area contributed by atoms with Crippen LogP contribution in [0, 0.1) is 11.8 Å². The van der Waals surface area contributed by atoms with Crippen LogP contribution in [-0.4, -0.2) is 47.4 Å². The second kappa shape index (κ2) is 12.1. The van der Waals surface area contributed by atoms with Gasteiger partial charge in [0.1, 0.15) is 0 Å². The van der Waals surface area contributed by atoms with Crippen LogP contribution in [0.5, 0.6) is 0 Å². The third-order valence-electron chi connectivity index (χ3n) is 5.47. The number of aliphatic imine (C=N–C) groups is 1. The molecule has 8 heteroatoms. The molecule has 3 rings (SSSR count). The third-order valence-corrected chi connectivity index (χ3v) is 6.47. The largest absolute Gasteiger partial charge is 0.357 e. The summed E-state index contributed by atoms with van der Waals surface area (Å²) in [5, 5.41) is 8.06. The fraction of sp³-hybridized carbons (Fsp3) is 0.762. The van der Waals surface area contributed by atoms with Crippen LogP contribution in [0.15, 0.2) is 11.2 Å². The molecule has 1 aromatic heterocycles. The highest BCUT2D eigenvalue weighted by Gasteiger charge is 2.32. The number of likely N-dealkylation sites (tertiary alicyclic amines) is 1. The predicted octanol–water partition coefficient (Wildman–Crippen LogP) is 3.81. The summed E-state index contributed by atoms with van der Waals surface area (Å²) < 4.78 is 0. The molecule has 1 aliphatic heterocycles. The smallest absolute Gasteiger partial charge is 0.225 e. The molecule has 1 amide bonds. The van der Waals surface area contributed by atoms with Crippen LogP contribution in [0.2, 0.25) is 0 Å². The highest BCUT2D eigenvalue weighted by Crippen LogP contribution is 2.27. The number of aromatic nitrogens is 1. The molecule has 0 spiro atoms. The van der Waals surface area contributed by atoms with Crippen molar-refractivity contribution in [2.24, 2.45) is 16.8 Å². The number of rotatable bonds is 7. The van der Waals surface area contributed by atoms with Crippen LogP contribution < -0.4 is 10.6 Å². The number of hydrogen-bond acceptors (Lipinski definition) is 4. The lowest BCUT2D eigenvalue weighted by Crippen LogP contribution is -2.45. The van der Waals surface area contributed by atoms with Gasteiger partial charge in [-0.15, -0.1) is 35.3 Å². The molecule has 2 N–H and O–H groups in total. The number of nitrogens with one attached hydrogen (secondary N) is 2. The first-order chi connectivity index (χ1) is 13.5. The van der Waals surface area contributed by atoms with Gasteiger partial charge in [-0.3, -0.25) is 4.79 Å². The van der Waals surface area contributed by atoms with Crippen molar-refractivity contribution in [3.05, 3.63) is 16.1 Å². The second-order valence-electron chi connectivity index (χ2n) is 8.41. The lowest BCUT2D eigenvalue weighted by Gasteiger charge is -2.21. The van der Waals surface area contributed by atoms with Gasteiger partial charge in [0.15, 0.2) is 5.96 Å². The van der Waals surface area contributed by atoms with Crippen molar-refractivity contribution in [1.82, 2.24) is 20.5 Å². The number of halogens is 1. The summed E-state index contributed by atoms with van der Waals surface area (Å²) in [5.41, 5.74) is 0. The maximum Gasteiger partial charge on any atom is 0.225 e. The van der Waals surface area contributed by atoms with E-state index < -0.39 is 0 Å². The first-order valence-electron chi connectivity index (χ1n) is 10.8. The van der Waals surface area contributed by atoms with E-state index in [1.807, 2.05) is 6.20 Å². The number of nitrogens with zero attached hydrogens (tertiary/aromatic N) is 3. The lowest BCUT2D eigenvalue weighted by molar-refractivity contribution is -0.134. The summed E-state index contributed by atoms with van der Waals surface area (Å²) in [6.07, 6.45) is 8.53. The molecule has 2 aliphatic rings. The number of thiazole rings is 1. The van der Waals surface area contributed by atoms with Gasteiger partial charge < -0.3 is 15.5 Å². The zero-order chi connectivity index (χ0) is 19.9.